The average molecular weight is 495 g/mol. The summed E-state index contributed by atoms with van der Waals surface area (Å²) in [4.78, 5) is 6.42. The second-order valence-corrected chi connectivity index (χ2v) is 11.0. The second kappa shape index (κ2) is 10.7. The SMILES string of the molecule is CSc1ccc2c(c1CCCN1CCC(C(O)c3ccccc3F)CC1)Nc1ccccc1S2. The first-order chi connectivity index (χ1) is 16.6. The zero-order valence-corrected chi connectivity index (χ0v) is 21.1. The van der Waals surface area contributed by atoms with Crippen LogP contribution in [-0.2, 0) is 6.42 Å². The average Bonchev–Trinajstić information content (AvgIpc) is 2.88. The predicted molar refractivity (Wildman–Crippen MR) is 141 cm³/mol. The maximum atomic E-state index is 14.1. The fourth-order valence-corrected chi connectivity index (χ4v) is 6.80. The summed E-state index contributed by atoms with van der Waals surface area (Å²) >= 11 is 3.66. The topological polar surface area (TPSA) is 35.5 Å². The van der Waals surface area contributed by atoms with E-state index in [2.05, 4.69) is 52.9 Å². The monoisotopic (exact) mass is 494 g/mol. The summed E-state index contributed by atoms with van der Waals surface area (Å²) in [5.41, 5.74) is 4.31. The van der Waals surface area contributed by atoms with Crippen LogP contribution >= 0.6 is 23.5 Å². The van der Waals surface area contributed by atoms with Crippen LogP contribution in [0.4, 0.5) is 15.8 Å². The normalized spacial score (nSPS) is 17.0. The number of aliphatic hydroxyl groups excluding tert-OH is 1. The Bertz CT molecular complexity index is 1150. The maximum Gasteiger partial charge on any atom is 0.129 e. The lowest BCUT2D eigenvalue weighted by molar-refractivity contribution is 0.0562. The van der Waals surface area contributed by atoms with Crippen LogP contribution < -0.4 is 5.32 Å². The van der Waals surface area contributed by atoms with Crippen LogP contribution in [-0.4, -0.2) is 35.9 Å². The number of halogens is 1. The van der Waals surface area contributed by atoms with Crippen LogP contribution in [0.15, 0.2) is 75.4 Å². The summed E-state index contributed by atoms with van der Waals surface area (Å²) in [5, 5.41) is 14.4. The molecule has 0 aromatic heterocycles. The first-order valence-electron chi connectivity index (χ1n) is 12.0. The highest BCUT2D eigenvalue weighted by molar-refractivity contribution is 8.00. The van der Waals surface area contributed by atoms with Crippen molar-refractivity contribution in [3.8, 4) is 0 Å². The Morgan fingerprint density at radius 2 is 1.82 bits per heavy atom. The number of benzene rings is 3. The van der Waals surface area contributed by atoms with Gasteiger partial charge in [-0.15, -0.1) is 11.8 Å². The molecule has 0 radical (unpaired) electrons. The number of anilines is 2. The largest absolute Gasteiger partial charge is 0.388 e. The van der Waals surface area contributed by atoms with Gasteiger partial charge in [0.1, 0.15) is 5.82 Å². The van der Waals surface area contributed by atoms with Crippen LogP contribution in [0.3, 0.4) is 0 Å². The van der Waals surface area contributed by atoms with E-state index in [0.717, 1.165) is 45.3 Å². The summed E-state index contributed by atoms with van der Waals surface area (Å²) in [6, 6.07) is 19.6. The quantitative estimate of drug-likeness (QED) is 0.267. The number of thioether (sulfide) groups is 1. The molecule has 0 saturated carbocycles. The molecule has 2 heterocycles. The molecule has 1 atom stereocenters. The van der Waals surface area contributed by atoms with Crippen molar-refractivity contribution in [2.45, 2.75) is 46.5 Å². The molecule has 2 N–H and O–H groups in total. The van der Waals surface area contributed by atoms with Crippen LogP contribution in [0.25, 0.3) is 0 Å². The van der Waals surface area contributed by atoms with Crippen molar-refractivity contribution in [2.75, 3.05) is 31.2 Å². The van der Waals surface area contributed by atoms with E-state index in [-0.39, 0.29) is 11.7 Å². The van der Waals surface area contributed by atoms with E-state index in [1.807, 2.05) is 23.5 Å². The minimum absolute atomic E-state index is 0.124. The van der Waals surface area contributed by atoms with Crippen molar-refractivity contribution in [3.63, 3.8) is 0 Å². The van der Waals surface area contributed by atoms with E-state index in [4.69, 9.17) is 0 Å². The second-order valence-electron chi connectivity index (χ2n) is 9.09. The van der Waals surface area contributed by atoms with E-state index in [1.54, 1.807) is 18.2 Å². The highest BCUT2D eigenvalue weighted by Crippen LogP contribution is 2.47. The molecule has 34 heavy (non-hydrogen) atoms. The number of likely N-dealkylation sites (tertiary alicyclic amines) is 1. The van der Waals surface area contributed by atoms with Gasteiger partial charge < -0.3 is 15.3 Å². The molecule has 6 heteroatoms. The molecule has 0 spiro atoms. The van der Waals surface area contributed by atoms with E-state index in [9.17, 15) is 9.50 Å². The van der Waals surface area contributed by atoms with Gasteiger partial charge in [-0.1, -0.05) is 42.1 Å². The molecule has 2 aliphatic heterocycles. The van der Waals surface area contributed by atoms with Crippen LogP contribution in [0.5, 0.6) is 0 Å². The van der Waals surface area contributed by atoms with Crippen LogP contribution in [0.2, 0.25) is 0 Å². The fourth-order valence-electron chi connectivity index (χ4n) is 5.12. The van der Waals surface area contributed by atoms with Crippen LogP contribution in [0, 0.1) is 11.7 Å². The van der Waals surface area contributed by atoms with Gasteiger partial charge in [0.2, 0.25) is 0 Å². The molecule has 2 aliphatic rings. The summed E-state index contributed by atoms with van der Waals surface area (Å²) in [7, 11) is 0. The number of rotatable bonds is 7. The Kier molecular flexibility index (Phi) is 7.49. The zero-order valence-electron chi connectivity index (χ0n) is 19.5. The molecule has 1 unspecified atom stereocenters. The Labute approximate surface area is 210 Å². The predicted octanol–water partition coefficient (Wildman–Crippen LogP) is 7.13. The summed E-state index contributed by atoms with van der Waals surface area (Å²) in [6.07, 6.45) is 5.38. The summed E-state index contributed by atoms with van der Waals surface area (Å²) < 4.78 is 14.1. The van der Waals surface area contributed by atoms with Crippen molar-refractivity contribution in [2.24, 2.45) is 5.92 Å². The maximum absolute atomic E-state index is 14.1. The van der Waals surface area contributed by atoms with Gasteiger partial charge in [-0.25, -0.2) is 4.39 Å². The number of hydrogen-bond acceptors (Lipinski definition) is 5. The first-order valence-corrected chi connectivity index (χ1v) is 14.1. The standard InChI is InChI=1S/C28H31FN2OS2/c1-33-24-12-13-26-27(30-23-10-4-5-11-25(23)34-26)21(24)8-6-16-31-17-14-19(15-18-31)28(32)20-7-2-3-9-22(20)29/h2-5,7,9-13,19,28,30,32H,6,8,14-18H2,1H3. The first kappa shape index (κ1) is 23.7. The summed E-state index contributed by atoms with van der Waals surface area (Å²) in [6.45, 7) is 2.96. The van der Waals surface area contributed by atoms with Gasteiger partial charge in [0.15, 0.2) is 0 Å². The lowest BCUT2D eigenvalue weighted by Gasteiger charge is -2.34. The third-order valence-electron chi connectivity index (χ3n) is 7.02. The van der Waals surface area contributed by atoms with Gasteiger partial charge >= 0.3 is 0 Å². The number of para-hydroxylation sites is 1. The van der Waals surface area contributed by atoms with E-state index in [0.29, 0.717) is 5.56 Å². The van der Waals surface area contributed by atoms with Gasteiger partial charge in [-0.3, -0.25) is 0 Å². The number of nitrogens with zero attached hydrogens (tertiary/aromatic N) is 1. The van der Waals surface area contributed by atoms with Gasteiger partial charge in [-0.05, 0) is 93.4 Å². The minimum Gasteiger partial charge on any atom is -0.388 e. The van der Waals surface area contributed by atoms with Crippen LogP contribution in [0.1, 0.15) is 36.5 Å². The van der Waals surface area contributed by atoms with Crippen molar-refractivity contribution in [3.05, 3.63) is 77.6 Å². The Balaban J connectivity index is 1.18. The van der Waals surface area contributed by atoms with E-state index < -0.39 is 6.10 Å². The molecular formula is C28H31FN2OS2. The Hall–Kier alpha value is -1.99. The van der Waals surface area contributed by atoms with Gasteiger partial charge in [0, 0.05) is 20.2 Å². The molecular weight excluding hydrogens is 463 g/mol. The zero-order chi connectivity index (χ0) is 23.5. The smallest absolute Gasteiger partial charge is 0.129 e. The number of piperidine rings is 1. The fraction of sp³-hybridized carbons (Fsp3) is 0.357. The Morgan fingerprint density at radius 3 is 2.62 bits per heavy atom. The van der Waals surface area contributed by atoms with Crippen molar-refractivity contribution in [1.29, 1.82) is 0 Å². The molecule has 0 aliphatic carbocycles. The van der Waals surface area contributed by atoms with Gasteiger partial charge in [0.25, 0.3) is 0 Å². The van der Waals surface area contributed by atoms with Crippen molar-refractivity contribution in [1.82, 2.24) is 4.90 Å². The van der Waals surface area contributed by atoms with E-state index in [1.165, 1.54) is 37.7 Å². The van der Waals surface area contributed by atoms with Crippen molar-refractivity contribution >= 4 is 34.9 Å². The molecule has 3 aromatic carbocycles. The third-order valence-corrected chi connectivity index (χ3v) is 8.98. The highest BCUT2D eigenvalue weighted by Gasteiger charge is 2.28. The molecule has 5 rings (SSSR count). The van der Waals surface area contributed by atoms with Gasteiger partial charge in [0.05, 0.1) is 17.5 Å². The number of hydrogen-bond donors (Lipinski definition) is 2. The van der Waals surface area contributed by atoms with Gasteiger partial charge in [-0.2, -0.15) is 0 Å². The molecule has 3 aromatic rings. The highest BCUT2D eigenvalue weighted by atomic mass is 32.2. The molecule has 1 fully saturated rings. The number of nitrogens with one attached hydrogen (secondary N) is 1. The molecule has 1 saturated heterocycles. The molecule has 0 amide bonds. The minimum atomic E-state index is -0.713. The van der Waals surface area contributed by atoms with E-state index >= 15 is 0 Å². The third kappa shape index (κ3) is 5.01. The number of aliphatic hydroxyl groups is 1. The number of fused-ring (bicyclic) bond motifs is 2. The molecule has 178 valence electrons. The lowest BCUT2D eigenvalue weighted by atomic mass is 9.87. The Morgan fingerprint density at radius 1 is 1.06 bits per heavy atom. The summed E-state index contributed by atoms with van der Waals surface area (Å²) in [5.74, 6) is -0.179. The van der Waals surface area contributed by atoms with Crippen molar-refractivity contribution < 1.29 is 9.50 Å². The molecule has 3 nitrogen and oxygen atoms in total. The molecule has 0 bridgehead atoms. The lowest BCUT2D eigenvalue weighted by Crippen LogP contribution is -2.36.